The van der Waals surface area contributed by atoms with Gasteiger partial charge in [0.15, 0.2) is 0 Å². The Balaban J connectivity index is 1.64. The van der Waals surface area contributed by atoms with Gasteiger partial charge >= 0.3 is 0 Å². The molecule has 2 rings (SSSR count). The maximum absolute atomic E-state index is 3.35. The summed E-state index contributed by atoms with van der Waals surface area (Å²) in [6, 6.07) is 0. The molecule has 0 atom stereocenters. The standard InChI is InChI=1S/C13H27N3/c1-13(2,3)16-8-6-15(7-9-16)5-4-12-10-14-11-12/h12,14H,4-11H2,1-3H3. The molecule has 3 heteroatoms. The number of nitrogens with one attached hydrogen (secondary N) is 1. The van der Waals surface area contributed by atoms with Crippen molar-refractivity contribution in [3.05, 3.63) is 0 Å². The van der Waals surface area contributed by atoms with E-state index in [2.05, 4.69) is 35.9 Å². The molecule has 2 heterocycles. The Bertz CT molecular complexity index is 210. The molecule has 0 amide bonds. The van der Waals surface area contributed by atoms with Crippen LogP contribution in [0.15, 0.2) is 0 Å². The Morgan fingerprint density at radius 1 is 1.06 bits per heavy atom. The zero-order valence-corrected chi connectivity index (χ0v) is 11.1. The van der Waals surface area contributed by atoms with Crippen LogP contribution in [0.1, 0.15) is 27.2 Å². The average Bonchev–Trinajstić information content (AvgIpc) is 2.15. The van der Waals surface area contributed by atoms with E-state index in [9.17, 15) is 0 Å². The van der Waals surface area contributed by atoms with Gasteiger partial charge in [0.2, 0.25) is 0 Å². The lowest BCUT2D eigenvalue weighted by Gasteiger charge is -2.42. The minimum absolute atomic E-state index is 0.351. The quantitative estimate of drug-likeness (QED) is 0.773. The predicted molar refractivity (Wildman–Crippen MR) is 68.7 cm³/mol. The molecule has 0 saturated carbocycles. The summed E-state index contributed by atoms with van der Waals surface area (Å²) in [7, 11) is 0. The molecule has 94 valence electrons. The van der Waals surface area contributed by atoms with Gasteiger partial charge in [-0.1, -0.05) is 0 Å². The summed E-state index contributed by atoms with van der Waals surface area (Å²) in [4.78, 5) is 5.25. The lowest BCUT2D eigenvalue weighted by atomic mass is 9.99. The summed E-state index contributed by atoms with van der Waals surface area (Å²) in [5.74, 6) is 0.959. The van der Waals surface area contributed by atoms with Crippen molar-refractivity contribution in [3.8, 4) is 0 Å². The summed E-state index contributed by atoms with van der Waals surface area (Å²) in [6.45, 7) is 15.8. The van der Waals surface area contributed by atoms with Crippen molar-refractivity contribution in [2.24, 2.45) is 5.92 Å². The normalized spacial score (nSPS) is 25.7. The Hall–Kier alpha value is -0.120. The van der Waals surface area contributed by atoms with Crippen molar-refractivity contribution in [1.29, 1.82) is 0 Å². The van der Waals surface area contributed by atoms with Crippen LogP contribution >= 0.6 is 0 Å². The Morgan fingerprint density at radius 2 is 1.69 bits per heavy atom. The highest BCUT2D eigenvalue weighted by Crippen LogP contribution is 2.16. The number of piperazine rings is 1. The highest BCUT2D eigenvalue weighted by Gasteiger charge is 2.26. The van der Waals surface area contributed by atoms with E-state index in [-0.39, 0.29) is 0 Å². The number of nitrogens with zero attached hydrogens (tertiary/aromatic N) is 2. The molecule has 0 aliphatic carbocycles. The molecule has 0 aromatic carbocycles. The first-order chi connectivity index (χ1) is 7.55. The van der Waals surface area contributed by atoms with Crippen LogP contribution in [0.25, 0.3) is 0 Å². The summed E-state index contributed by atoms with van der Waals surface area (Å²) < 4.78 is 0. The van der Waals surface area contributed by atoms with E-state index in [0.29, 0.717) is 5.54 Å². The van der Waals surface area contributed by atoms with Crippen LogP contribution in [0, 0.1) is 5.92 Å². The fourth-order valence-electron chi connectivity index (χ4n) is 2.56. The molecule has 0 bridgehead atoms. The van der Waals surface area contributed by atoms with E-state index in [0.717, 1.165) is 5.92 Å². The van der Waals surface area contributed by atoms with Crippen LogP contribution in [-0.2, 0) is 0 Å². The zero-order valence-electron chi connectivity index (χ0n) is 11.1. The van der Waals surface area contributed by atoms with Gasteiger partial charge in [-0.25, -0.2) is 0 Å². The van der Waals surface area contributed by atoms with Gasteiger partial charge in [0, 0.05) is 31.7 Å². The Morgan fingerprint density at radius 3 is 2.12 bits per heavy atom. The molecule has 0 spiro atoms. The molecule has 1 N–H and O–H groups in total. The van der Waals surface area contributed by atoms with Crippen molar-refractivity contribution < 1.29 is 0 Å². The lowest BCUT2D eigenvalue weighted by Crippen LogP contribution is -2.54. The Labute approximate surface area is 100 Å². The van der Waals surface area contributed by atoms with Gasteiger partial charge in [0.1, 0.15) is 0 Å². The van der Waals surface area contributed by atoms with Crippen LogP contribution in [0.4, 0.5) is 0 Å². The molecule has 0 radical (unpaired) electrons. The van der Waals surface area contributed by atoms with Crippen LogP contribution in [0.2, 0.25) is 0 Å². The molecule has 0 aromatic heterocycles. The van der Waals surface area contributed by atoms with Gasteiger partial charge in [-0.3, -0.25) is 4.90 Å². The first kappa shape index (κ1) is 12.3. The van der Waals surface area contributed by atoms with E-state index in [1.807, 2.05) is 0 Å². The van der Waals surface area contributed by atoms with Crippen LogP contribution < -0.4 is 5.32 Å². The third-order valence-electron chi connectivity index (χ3n) is 4.04. The minimum Gasteiger partial charge on any atom is -0.316 e. The van der Waals surface area contributed by atoms with Crippen molar-refractivity contribution in [3.63, 3.8) is 0 Å². The van der Waals surface area contributed by atoms with Gasteiger partial charge in [-0.15, -0.1) is 0 Å². The zero-order chi connectivity index (χ0) is 11.6. The molecule has 0 aromatic rings. The fraction of sp³-hybridized carbons (Fsp3) is 1.00. The summed E-state index contributed by atoms with van der Waals surface area (Å²) in [5, 5.41) is 3.35. The maximum Gasteiger partial charge on any atom is 0.0126 e. The molecule has 2 saturated heterocycles. The monoisotopic (exact) mass is 225 g/mol. The first-order valence-electron chi connectivity index (χ1n) is 6.74. The van der Waals surface area contributed by atoms with Crippen LogP contribution in [-0.4, -0.2) is 61.2 Å². The fourth-order valence-corrected chi connectivity index (χ4v) is 2.56. The van der Waals surface area contributed by atoms with Gasteiger partial charge in [0.05, 0.1) is 0 Å². The summed E-state index contributed by atoms with van der Waals surface area (Å²) in [5.41, 5.74) is 0.351. The first-order valence-corrected chi connectivity index (χ1v) is 6.74. The van der Waals surface area contributed by atoms with E-state index < -0.39 is 0 Å². The van der Waals surface area contributed by atoms with Crippen molar-refractivity contribution >= 4 is 0 Å². The van der Waals surface area contributed by atoms with Crippen LogP contribution in [0.5, 0.6) is 0 Å². The predicted octanol–water partition coefficient (Wildman–Crippen LogP) is 1.01. The van der Waals surface area contributed by atoms with Crippen molar-refractivity contribution in [1.82, 2.24) is 15.1 Å². The topological polar surface area (TPSA) is 18.5 Å². The molecular formula is C13H27N3. The summed E-state index contributed by atoms with van der Waals surface area (Å²) in [6.07, 6.45) is 1.39. The molecule has 2 aliphatic heterocycles. The van der Waals surface area contributed by atoms with Gasteiger partial charge in [-0.05, 0) is 52.7 Å². The number of hydrogen-bond donors (Lipinski definition) is 1. The number of rotatable bonds is 3. The average molecular weight is 225 g/mol. The highest BCUT2D eigenvalue weighted by atomic mass is 15.3. The minimum atomic E-state index is 0.351. The van der Waals surface area contributed by atoms with Crippen LogP contribution in [0.3, 0.4) is 0 Å². The second-order valence-corrected chi connectivity index (χ2v) is 6.31. The lowest BCUT2D eigenvalue weighted by molar-refractivity contribution is 0.0585. The summed E-state index contributed by atoms with van der Waals surface area (Å²) >= 11 is 0. The van der Waals surface area contributed by atoms with Crippen molar-refractivity contribution in [2.75, 3.05) is 45.8 Å². The van der Waals surface area contributed by atoms with Gasteiger partial charge in [-0.2, -0.15) is 0 Å². The van der Waals surface area contributed by atoms with E-state index in [1.54, 1.807) is 0 Å². The highest BCUT2D eigenvalue weighted by molar-refractivity contribution is 4.83. The third-order valence-corrected chi connectivity index (χ3v) is 4.04. The second kappa shape index (κ2) is 5.03. The number of hydrogen-bond acceptors (Lipinski definition) is 3. The van der Waals surface area contributed by atoms with Gasteiger partial charge < -0.3 is 10.2 Å². The van der Waals surface area contributed by atoms with E-state index in [4.69, 9.17) is 0 Å². The molecule has 2 fully saturated rings. The van der Waals surface area contributed by atoms with E-state index in [1.165, 1.54) is 52.2 Å². The molecule has 3 nitrogen and oxygen atoms in total. The molecule has 0 unspecified atom stereocenters. The second-order valence-electron chi connectivity index (χ2n) is 6.31. The maximum atomic E-state index is 3.35. The molecular weight excluding hydrogens is 198 g/mol. The van der Waals surface area contributed by atoms with E-state index >= 15 is 0 Å². The molecule has 16 heavy (non-hydrogen) atoms. The molecule has 2 aliphatic rings. The van der Waals surface area contributed by atoms with Crippen molar-refractivity contribution in [2.45, 2.75) is 32.7 Å². The largest absolute Gasteiger partial charge is 0.316 e. The smallest absolute Gasteiger partial charge is 0.0126 e. The third kappa shape index (κ3) is 3.19. The van der Waals surface area contributed by atoms with Gasteiger partial charge in [0.25, 0.3) is 0 Å². The Kier molecular flexibility index (Phi) is 3.88. The SMILES string of the molecule is CC(C)(C)N1CCN(CCC2CNC2)CC1.